The number of fused-ring (bicyclic) bond motifs is 1. The summed E-state index contributed by atoms with van der Waals surface area (Å²) in [7, 11) is 0. The van der Waals surface area contributed by atoms with Crippen molar-refractivity contribution in [2.45, 2.75) is 58.0 Å². The van der Waals surface area contributed by atoms with E-state index in [1.165, 1.54) is 17.5 Å². The van der Waals surface area contributed by atoms with Gasteiger partial charge < -0.3 is 15.0 Å². The highest BCUT2D eigenvalue weighted by atomic mass is 16.5. The van der Waals surface area contributed by atoms with Crippen LogP contribution in [0.15, 0.2) is 18.2 Å². The van der Waals surface area contributed by atoms with Crippen LogP contribution in [0, 0.1) is 5.41 Å². The molecule has 1 spiro atoms. The van der Waals surface area contributed by atoms with Crippen molar-refractivity contribution in [3.63, 3.8) is 0 Å². The van der Waals surface area contributed by atoms with Gasteiger partial charge in [-0.05, 0) is 75.6 Å². The summed E-state index contributed by atoms with van der Waals surface area (Å²) in [4.78, 5) is 27.3. The van der Waals surface area contributed by atoms with E-state index >= 15 is 0 Å². The molecule has 0 unspecified atom stereocenters. The molecule has 0 saturated carbocycles. The third-order valence-corrected chi connectivity index (χ3v) is 6.20. The van der Waals surface area contributed by atoms with E-state index in [1.807, 2.05) is 24.8 Å². The number of aryl methyl sites for hydroxylation is 2. The van der Waals surface area contributed by atoms with Crippen LogP contribution in [0.3, 0.4) is 0 Å². The summed E-state index contributed by atoms with van der Waals surface area (Å²) in [6.45, 7) is 5.54. The molecule has 2 fully saturated rings. The third kappa shape index (κ3) is 2.97. The Balaban J connectivity index is 1.46. The zero-order valence-corrected chi connectivity index (χ0v) is 15.8. The predicted molar refractivity (Wildman–Crippen MR) is 99.0 cm³/mol. The topological polar surface area (TPSA) is 58.6 Å². The first-order valence-electron chi connectivity index (χ1n) is 9.78. The van der Waals surface area contributed by atoms with Gasteiger partial charge in [0.2, 0.25) is 5.91 Å². The van der Waals surface area contributed by atoms with Crippen molar-refractivity contribution in [3.8, 4) is 5.75 Å². The van der Waals surface area contributed by atoms with Crippen molar-refractivity contribution in [2.75, 3.05) is 19.6 Å². The molecule has 2 aliphatic heterocycles. The van der Waals surface area contributed by atoms with Crippen LogP contribution >= 0.6 is 0 Å². The summed E-state index contributed by atoms with van der Waals surface area (Å²) in [6, 6.07) is 6.17. The summed E-state index contributed by atoms with van der Waals surface area (Å²) in [6.07, 6.45) is 6.02. The Labute approximate surface area is 155 Å². The predicted octanol–water partition coefficient (Wildman–Crippen LogP) is 2.46. The van der Waals surface area contributed by atoms with Gasteiger partial charge in [0, 0.05) is 19.6 Å². The summed E-state index contributed by atoms with van der Waals surface area (Å²) in [5, 5.41) is 2.97. The van der Waals surface area contributed by atoms with E-state index in [2.05, 4.69) is 17.4 Å². The number of benzene rings is 1. The lowest BCUT2D eigenvalue weighted by molar-refractivity contribution is -0.145. The van der Waals surface area contributed by atoms with Crippen LogP contribution in [0.4, 0.5) is 0 Å². The molecule has 2 amide bonds. The van der Waals surface area contributed by atoms with Gasteiger partial charge in [-0.2, -0.15) is 0 Å². The molecule has 1 atom stereocenters. The van der Waals surface area contributed by atoms with Crippen LogP contribution in [0.2, 0.25) is 0 Å². The fourth-order valence-corrected chi connectivity index (χ4v) is 4.70. The van der Waals surface area contributed by atoms with Gasteiger partial charge in [0.05, 0.1) is 5.41 Å². The van der Waals surface area contributed by atoms with Crippen molar-refractivity contribution >= 4 is 11.8 Å². The summed E-state index contributed by atoms with van der Waals surface area (Å²) < 4.78 is 6.11. The van der Waals surface area contributed by atoms with Gasteiger partial charge in [-0.25, -0.2) is 0 Å². The molecule has 0 bridgehead atoms. The Kier molecular flexibility index (Phi) is 4.20. The lowest BCUT2D eigenvalue weighted by Crippen LogP contribution is -2.51. The van der Waals surface area contributed by atoms with E-state index in [9.17, 15) is 9.59 Å². The van der Waals surface area contributed by atoms with Crippen molar-refractivity contribution < 1.29 is 14.3 Å². The average Bonchev–Trinajstić information content (AvgIpc) is 3.24. The van der Waals surface area contributed by atoms with Gasteiger partial charge >= 0.3 is 0 Å². The minimum Gasteiger partial charge on any atom is -0.478 e. The maximum absolute atomic E-state index is 13.1. The van der Waals surface area contributed by atoms with Gasteiger partial charge in [0.1, 0.15) is 5.75 Å². The molecule has 0 aromatic heterocycles. The fourth-order valence-electron chi connectivity index (χ4n) is 4.70. The number of piperidine rings is 1. The molecule has 26 heavy (non-hydrogen) atoms. The van der Waals surface area contributed by atoms with Crippen LogP contribution in [0.1, 0.15) is 50.7 Å². The number of hydrogen-bond acceptors (Lipinski definition) is 3. The monoisotopic (exact) mass is 356 g/mol. The Morgan fingerprint density at radius 3 is 2.81 bits per heavy atom. The second kappa shape index (κ2) is 6.29. The van der Waals surface area contributed by atoms with E-state index in [-0.39, 0.29) is 11.8 Å². The Morgan fingerprint density at radius 2 is 2.00 bits per heavy atom. The highest BCUT2D eigenvalue weighted by molar-refractivity contribution is 5.88. The zero-order valence-electron chi connectivity index (χ0n) is 15.8. The molecule has 2 saturated heterocycles. The first-order chi connectivity index (χ1) is 12.4. The number of ether oxygens (including phenoxy) is 1. The number of nitrogens with one attached hydrogen (secondary N) is 1. The molecule has 140 valence electrons. The van der Waals surface area contributed by atoms with Crippen molar-refractivity contribution in [3.05, 3.63) is 29.3 Å². The van der Waals surface area contributed by atoms with Gasteiger partial charge in [0.15, 0.2) is 5.60 Å². The van der Waals surface area contributed by atoms with Crippen molar-refractivity contribution in [2.24, 2.45) is 5.41 Å². The minimum atomic E-state index is -0.941. The molecule has 1 aromatic carbocycles. The molecule has 3 aliphatic rings. The first-order valence-corrected chi connectivity index (χ1v) is 9.78. The molecule has 1 aromatic rings. The highest BCUT2D eigenvalue weighted by Crippen LogP contribution is 2.38. The zero-order chi connectivity index (χ0) is 18.4. The van der Waals surface area contributed by atoms with Gasteiger partial charge in [-0.1, -0.05) is 6.07 Å². The maximum Gasteiger partial charge on any atom is 0.266 e. The molecule has 1 N–H and O–H groups in total. The number of carbonyl (C=O) groups excluding carboxylic acids is 2. The molecule has 5 nitrogen and oxygen atoms in total. The van der Waals surface area contributed by atoms with Crippen LogP contribution < -0.4 is 10.1 Å². The Bertz CT molecular complexity index is 743. The van der Waals surface area contributed by atoms with Gasteiger partial charge in [-0.3, -0.25) is 9.59 Å². The molecule has 5 heteroatoms. The van der Waals surface area contributed by atoms with Crippen LogP contribution in [0.5, 0.6) is 5.75 Å². The van der Waals surface area contributed by atoms with Gasteiger partial charge in [-0.15, -0.1) is 0 Å². The van der Waals surface area contributed by atoms with Crippen LogP contribution in [-0.4, -0.2) is 41.9 Å². The second-order valence-corrected chi connectivity index (χ2v) is 8.51. The normalized spacial score (nSPS) is 25.3. The quantitative estimate of drug-likeness (QED) is 0.905. The smallest absolute Gasteiger partial charge is 0.266 e. The van der Waals surface area contributed by atoms with E-state index in [1.54, 1.807) is 0 Å². The molecular formula is C21H28N2O3. The maximum atomic E-state index is 13.1. The van der Waals surface area contributed by atoms with Gasteiger partial charge in [0.25, 0.3) is 5.91 Å². The molecule has 1 aliphatic carbocycles. The third-order valence-electron chi connectivity index (χ3n) is 6.20. The Morgan fingerprint density at radius 1 is 1.19 bits per heavy atom. The molecule has 2 heterocycles. The number of nitrogens with zero attached hydrogens (tertiary/aromatic N) is 1. The lowest BCUT2D eigenvalue weighted by Gasteiger charge is -2.34. The van der Waals surface area contributed by atoms with Crippen molar-refractivity contribution in [1.82, 2.24) is 10.2 Å². The molecular weight excluding hydrogens is 328 g/mol. The number of likely N-dealkylation sites (tertiary alicyclic amines) is 1. The molecule has 0 radical (unpaired) electrons. The van der Waals surface area contributed by atoms with E-state index in [0.717, 1.165) is 44.4 Å². The van der Waals surface area contributed by atoms with E-state index in [0.29, 0.717) is 13.1 Å². The standard InChI is InChI=1S/C21H28N2O3/c1-20(2,26-17-8-7-15-5-3-6-16(15)13-17)19(25)23-12-10-21(14-23)9-4-11-22-18(21)24/h7-8,13H,3-6,9-12,14H2,1-2H3,(H,22,24)/t21-/m1/s1. The van der Waals surface area contributed by atoms with Crippen LogP contribution in [-0.2, 0) is 22.4 Å². The number of rotatable bonds is 3. The fraction of sp³-hybridized carbons (Fsp3) is 0.619. The molecule has 4 rings (SSSR count). The highest BCUT2D eigenvalue weighted by Gasteiger charge is 2.49. The Hall–Kier alpha value is -2.04. The summed E-state index contributed by atoms with van der Waals surface area (Å²) in [5.74, 6) is 0.831. The number of hydrogen-bond donors (Lipinski definition) is 1. The average molecular weight is 356 g/mol. The van der Waals surface area contributed by atoms with Crippen LogP contribution in [0.25, 0.3) is 0 Å². The van der Waals surface area contributed by atoms with E-state index < -0.39 is 11.0 Å². The summed E-state index contributed by atoms with van der Waals surface area (Å²) in [5.41, 5.74) is 1.40. The lowest BCUT2D eigenvalue weighted by atomic mass is 9.79. The SMILES string of the molecule is CC(C)(Oc1ccc2c(c1)CCC2)C(=O)N1CC[C@]2(CCCNC2=O)C1. The van der Waals surface area contributed by atoms with Crippen molar-refractivity contribution in [1.29, 1.82) is 0 Å². The first kappa shape index (κ1) is 17.4. The number of amides is 2. The largest absolute Gasteiger partial charge is 0.478 e. The summed E-state index contributed by atoms with van der Waals surface area (Å²) >= 11 is 0. The second-order valence-electron chi connectivity index (χ2n) is 8.51. The van der Waals surface area contributed by atoms with E-state index in [4.69, 9.17) is 4.74 Å². The number of carbonyl (C=O) groups is 2. The minimum absolute atomic E-state index is 0.0340.